The molecule has 1 fully saturated rings. The summed E-state index contributed by atoms with van der Waals surface area (Å²) in [4.78, 5) is 28.7. The molecule has 7 heteroatoms. The zero-order chi connectivity index (χ0) is 18.4. The van der Waals surface area contributed by atoms with Gasteiger partial charge in [0.2, 0.25) is 5.91 Å². The first kappa shape index (κ1) is 22.3. The van der Waals surface area contributed by atoms with Crippen molar-refractivity contribution in [2.24, 2.45) is 17.1 Å². The van der Waals surface area contributed by atoms with Crippen LogP contribution in [0.2, 0.25) is 0 Å². The first-order valence-electron chi connectivity index (χ1n) is 8.88. The van der Waals surface area contributed by atoms with Crippen LogP contribution in [0.15, 0.2) is 30.3 Å². The van der Waals surface area contributed by atoms with Crippen LogP contribution in [0.4, 0.5) is 10.5 Å². The highest BCUT2D eigenvalue weighted by atomic mass is 35.5. The van der Waals surface area contributed by atoms with Crippen LogP contribution in [0, 0.1) is 11.3 Å². The predicted molar refractivity (Wildman–Crippen MR) is 107 cm³/mol. The fourth-order valence-electron chi connectivity index (χ4n) is 3.18. The van der Waals surface area contributed by atoms with Crippen molar-refractivity contribution in [3.05, 3.63) is 30.3 Å². The third kappa shape index (κ3) is 6.18. The number of amides is 3. The van der Waals surface area contributed by atoms with Crippen molar-refractivity contribution >= 4 is 30.0 Å². The van der Waals surface area contributed by atoms with Crippen molar-refractivity contribution in [3.63, 3.8) is 0 Å². The lowest BCUT2D eigenvalue weighted by Gasteiger charge is -2.36. The summed E-state index contributed by atoms with van der Waals surface area (Å²) in [6, 6.07) is 9.23. The number of likely N-dealkylation sites (tertiary alicyclic amines) is 1. The van der Waals surface area contributed by atoms with Gasteiger partial charge in [-0.1, -0.05) is 32.0 Å². The average Bonchev–Trinajstić information content (AvgIpc) is 2.61. The van der Waals surface area contributed by atoms with Crippen LogP contribution in [0.1, 0.15) is 26.7 Å². The Morgan fingerprint density at radius 3 is 2.58 bits per heavy atom. The summed E-state index contributed by atoms with van der Waals surface area (Å²) in [5.74, 6) is -0.0485. The lowest BCUT2D eigenvalue weighted by molar-refractivity contribution is -0.136. The number of anilines is 1. The van der Waals surface area contributed by atoms with Crippen LogP contribution in [0.5, 0.6) is 0 Å². The normalized spacial score (nSPS) is 17.2. The van der Waals surface area contributed by atoms with Gasteiger partial charge in [0, 0.05) is 32.4 Å². The number of hydrogen-bond donors (Lipinski definition) is 2. The van der Waals surface area contributed by atoms with E-state index in [0.717, 1.165) is 18.5 Å². The van der Waals surface area contributed by atoms with Gasteiger partial charge in [0.1, 0.15) is 0 Å². The van der Waals surface area contributed by atoms with Gasteiger partial charge in [-0.25, -0.2) is 4.79 Å². The SMILES string of the molecule is CN(CC(C)(C)CN)C(=O)C1CCCN(C(=O)Nc2ccccc2)C1.Cl. The smallest absolute Gasteiger partial charge is 0.321 e. The molecule has 3 N–H and O–H groups in total. The van der Waals surface area contributed by atoms with Crippen LogP contribution < -0.4 is 11.1 Å². The number of benzene rings is 1. The van der Waals surface area contributed by atoms with E-state index in [-0.39, 0.29) is 35.7 Å². The molecular weight excluding hydrogens is 352 g/mol. The number of carbonyl (C=O) groups excluding carboxylic acids is 2. The van der Waals surface area contributed by atoms with Gasteiger partial charge < -0.3 is 20.9 Å². The van der Waals surface area contributed by atoms with Gasteiger partial charge in [0.25, 0.3) is 0 Å². The second kappa shape index (κ2) is 9.78. The lowest BCUT2D eigenvalue weighted by atomic mass is 9.91. The highest BCUT2D eigenvalue weighted by molar-refractivity contribution is 5.90. The van der Waals surface area contributed by atoms with Crippen LogP contribution in [-0.4, -0.2) is 55.0 Å². The third-order valence-corrected chi connectivity index (χ3v) is 4.68. The summed E-state index contributed by atoms with van der Waals surface area (Å²) in [6.45, 7) is 6.40. The van der Waals surface area contributed by atoms with E-state index in [2.05, 4.69) is 19.2 Å². The number of hydrogen-bond acceptors (Lipinski definition) is 3. The molecule has 0 aliphatic carbocycles. The molecule has 1 unspecified atom stereocenters. The fourth-order valence-corrected chi connectivity index (χ4v) is 3.18. The highest BCUT2D eigenvalue weighted by Crippen LogP contribution is 2.22. The summed E-state index contributed by atoms with van der Waals surface area (Å²) >= 11 is 0. The molecule has 0 spiro atoms. The maximum Gasteiger partial charge on any atom is 0.321 e. The Balaban J connectivity index is 0.00000338. The molecule has 1 aromatic rings. The maximum atomic E-state index is 12.7. The van der Waals surface area contributed by atoms with Crippen molar-refractivity contribution in [3.8, 4) is 0 Å². The Morgan fingerprint density at radius 2 is 1.96 bits per heavy atom. The number of piperidine rings is 1. The summed E-state index contributed by atoms with van der Waals surface area (Å²) in [5, 5.41) is 2.89. The quantitative estimate of drug-likeness (QED) is 0.821. The van der Waals surface area contributed by atoms with Gasteiger partial charge in [-0.15, -0.1) is 12.4 Å². The van der Waals surface area contributed by atoms with Crippen LogP contribution in [0.3, 0.4) is 0 Å². The Bertz CT molecular complexity index is 594. The number of para-hydroxylation sites is 1. The van der Waals surface area contributed by atoms with Crippen LogP contribution in [-0.2, 0) is 4.79 Å². The number of nitrogens with two attached hydrogens (primary N) is 1. The number of urea groups is 1. The molecule has 1 saturated heterocycles. The first-order valence-corrected chi connectivity index (χ1v) is 8.88. The number of nitrogens with zero attached hydrogens (tertiary/aromatic N) is 2. The molecular formula is C19H31ClN4O2. The molecule has 0 aromatic heterocycles. The molecule has 146 valence electrons. The molecule has 0 radical (unpaired) electrons. The topological polar surface area (TPSA) is 78.7 Å². The molecule has 2 rings (SSSR count). The van der Waals surface area contributed by atoms with Crippen LogP contribution >= 0.6 is 12.4 Å². The van der Waals surface area contributed by atoms with E-state index in [0.29, 0.717) is 26.2 Å². The van der Waals surface area contributed by atoms with Crippen molar-refractivity contribution in [2.45, 2.75) is 26.7 Å². The largest absolute Gasteiger partial charge is 0.345 e. The van der Waals surface area contributed by atoms with Crippen LogP contribution in [0.25, 0.3) is 0 Å². The van der Waals surface area contributed by atoms with Gasteiger partial charge in [-0.3, -0.25) is 4.79 Å². The lowest BCUT2D eigenvalue weighted by Crippen LogP contribution is -2.49. The molecule has 0 saturated carbocycles. The molecule has 1 heterocycles. The van der Waals surface area contributed by atoms with E-state index in [1.54, 1.807) is 9.80 Å². The summed E-state index contributed by atoms with van der Waals surface area (Å²) in [7, 11) is 1.82. The number of carbonyl (C=O) groups is 2. The molecule has 1 aliphatic rings. The standard InChI is InChI=1S/C19H30N4O2.ClH/c1-19(2,13-20)14-22(3)17(24)15-8-7-11-23(12-15)18(25)21-16-9-5-4-6-10-16;/h4-6,9-10,15H,7-8,11-14,20H2,1-3H3,(H,21,25);1H. The Labute approximate surface area is 162 Å². The molecule has 1 aliphatic heterocycles. The highest BCUT2D eigenvalue weighted by Gasteiger charge is 2.31. The molecule has 6 nitrogen and oxygen atoms in total. The zero-order valence-electron chi connectivity index (χ0n) is 15.9. The van der Waals surface area contributed by atoms with E-state index in [4.69, 9.17) is 5.73 Å². The van der Waals surface area contributed by atoms with Crippen molar-refractivity contribution in [1.29, 1.82) is 0 Å². The summed E-state index contributed by atoms with van der Waals surface area (Å²) in [6.07, 6.45) is 1.66. The number of halogens is 1. The molecule has 1 atom stereocenters. The molecule has 3 amide bonds. The zero-order valence-corrected chi connectivity index (χ0v) is 16.7. The average molecular weight is 383 g/mol. The van der Waals surface area contributed by atoms with E-state index in [1.165, 1.54) is 0 Å². The van der Waals surface area contributed by atoms with Gasteiger partial charge >= 0.3 is 6.03 Å². The predicted octanol–water partition coefficient (Wildman–Crippen LogP) is 2.80. The Morgan fingerprint density at radius 1 is 1.31 bits per heavy atom. The van der Waals surface area contributed by atoms with E-state index in [1.807, 2.05) is 37.4 Å². The Kier molecular flexibility index (Phi) is 8.37. The minimum atomic E-state index is -0.145. The first-order chi connectivity index (χ1) is 11.8. The number of nitrogens with one attached hydrogen (secondary N) is 1. The third-order valence-electron chi connectivity index (χ3n) is 4.68. The summed E-state index contributed by atoms with van der Waals surface area (Å²) < 4.78 is 0. The van der Waals surface area contributed by atoms with Crippen molar-refractivity contribution < 1.29 is 9.59 Å². The van der Waals surface area contributed by atoms with E-state index >= 15 is 0 Å². The molecule has 26 heavy (non-hydrogen) atoms. The van der Waals surface area contributed by atoms with Gasteiger partial charge in [-0.2, -0.15) is 0 Å². The van der Waals surface area contributed by atoms with Gasteiger partial charge in [-0.05, 0) is 36.9 Å². The summed E-state index contributed by atoms with van der Waals surface area (Å²) in [5.41, 5.74) is 6.43. The maximum absolute atomic E-state index is 12.7. The van der Waals surface area contributed by atoms with E-state index in [9.17, 15) is 9.59 Å². The minimum absolute atomic E-state index is 0. The monoisotopic (exact) mass is 382 g/mol. The fraction of sp³-hybridized carbons (Fsp3) is 0.579. The van der Waals surface area contributed by atoms with Crippen molar-refractivity contribution in [1.82, 2.24) is 9.80 Å². The van der Waals surface area contributed by atoms with Gasteiger partial charge in [0.05, 0.1) is 5.92 Å². The number of rotatable bonds is 5. The van der Waals surface area contributed by atoms with E-state index < -0.39 is 0 Å². The second-order valence-electron chi connectivity index (χ2n) is 7.64. The molecule has 1 aromatic carbocycles. The van der Waals surface area contributed by atoms with Gasteiger partial charge in [0.15, 0.2) is 0 Å². The van der Waals surface area contributed by atoms with Crippen molar-refractivity contribution in [2.75, 3.05) is 38.5 Å². The second-order valence-corrected chi connectivity index (χ2v) is 7.64. The molecule has 0 bridgehead atoms. The minimum Gasteiger partial charge on any atom is -0.345 e. The Hall–Kier alpha value is -1.79.